The molecule has 1 heterocycles. The van der Waals surface area contributed by atoms with E-state index in [2.05, 4.69) is 16.0 Å². The highest BCUT2D eigenvalue weighted by Gasteiger charge is 2.23. The number of carboxylic acids is 1. The van der Waals surface area contributed by atoms with Crippen molar-refractivity contribution in [3.8, 4) is 0 Å². The molecule has 1 rings (SSSR count). The first-order valence-electron chi connectivity index (χ1n) is 5.03. The summed E-state index contributed by atoms with van der Waals surface area (Å²) in [6.45, 7) is 2.02. The highest BCUT2D eigenvalue weighted by Crippen LogP contribution is 1.99. The van der Waals surface area contributed by atoms with E-state index < -0.39 is 18.0 Å². The standard InChI is InChI=1S/C9H15N3O4/c1-5(2-8(14)15)11-9(16)12-6-3-7(13)10-4-6/h5-6H,2-4H2,1H3,(H,10,13)(H,14,15)(H2,11,12,16). The van der Waals surface area contributed by atoms with Crippen LogP contribution in [0.5, 0.6) is 0 Å². The molecule has 1 fully saturated rings. The van der Waals surface area contributed by atoms with Gasteiger partial charge in [-0.05, 0) is 6.92 Å². The van der Waals surface area contributed by atoms with Crippen LogP contribution in [0, 0.1) is 0 Å². The molecule has 3 amide bonds. The maximum absolute atomic E-state index is 11.3. The Bertz CT molecular complexity index is 305. The van der Waals surface area contributed by atoms with Crippen molar-refractivity contribution in [1.29, 1.82) is 0 Å². The summed E-state index contributed by atoms with van der Waals surface area (Å²) < 4.78 is 0. The Balaban J connectivity index is 2.25. The molecule has 0 radical (unpaired) electrons. The summed E-state index contributed by atoms with van der Waals surface area (Å²) in [6, 6.07) is -1.11. The topological polar surface area (TPSA) is 108 Å². The fourth-order valence-electron chi connectivity index (χ4n) is 1.47. The molecule has 0 spiro atoms. The van der Waals surface area contributed by atoms with E-state index in [9.17, 15) is 14.4 Å². The van der Waals surface area contributed by atoms with Crippen molar-refractivity contribution in [1.82, 2.24) is 16.0 Å². The Kier molecular flexibility index (Phi) is 4.10. The zero-order chi connectivity index (χ0) is 12.1. The highest BCUT2D eigenvalue weighted by molar-refractivity contribution is 5.81. The van der Waals surface area contributed by atoms with Crippen molar-refractivity contribution in [2.45, 2.75) is 31.8 Å². The van der Waals surface area contributed by atoms with Gasteiger partial charge in [-0.2, -0.15) is 0 Å². The first-order chi connectivity index (χ1) is 7.47. The summed E-state index contributed by atoms with van der Waals surface area (Å²) in [6.07, 6.45) is 0.135. The van der Waals surface area contributed by atoms with E-state index in [-0.39, 0.29) is 24.8 Å². The van der Waals surface area contributed by atoms with Gasteiger partial charge in [0.25, 0.3) is 0 Å². The molecule has 1 saturated heterocycles. The minimum absolute atomic E-state index is 0.0936. The van der Waals surface area contributed by atoms with Gasteiger partial charge < -0.3 is 21.1 Å². The Labute approximate surface area is 92.6 Å². The van der Waals surface area contributed by atoms with E-state index >= 15 is 0 Å². The first-order valence-corrected chi connectivity index (χ1v) is 5.03. The molecular formula is C9H15N3O4. The van der Waals surface area contributed by atoms with Crippen LogP contribution in [0.4, 0.5) is 4.79 Å². The van der Waals surface area contributed by atoms with Crippen LogP contribution < -0.4 is 16.0 Å². The number of carbonyl (C=O) groups excluding carboxylic acids is 2. The lowest BCUT2D eigenvalue weighted by atomic mass is 10.2. The van der Waals surface area contributed by atoms with Gasteiger partial charge in [-0.25, -0.2) is 4.79 Å². The number of carbonyl (C=O) groups is 3. The summed E-state index contributed by atoms with van der Waals surface area (Å²) in [5.41, 5.74) is 0. The average Bonchev–Trinajstić information content (AvgIpc) is 2.48. The van der Waals surface area contributed by atoms with E-state index in [0.717, 1.165) is 0 Å². The molecule has 1 aliphatic rings. The molecule has 0 aromatic carbocycles. The van der Waals surface area contributed by atoms with Gasteiger partial charge in [0.1, 0.15) is 0 Å². The van der Waals surface area contributed by atoms with Crippen LogP contribution >= 0.6 is 0 Å². The van der Waals surface area contributed by atoms with Crippen molar-refractivity contribution in [3.05, 3.63) is 0 Å². The Morgan fingerprint density at radius 2 is 2.31 bits per heavy atom. The minimum atomic E-state index is -0.967. The normalized spacial score (nSPS) is 21.1. The third-order valence-corrected chi connectivity index (χ3v) is 2.17. The quantitative estimate of drug-likeness (QED) is 0.497. The monoisotopic (exact) mass is 229 g/mol. The van der Waals surface area contributed by atoms with Gasteiger partial charge in [0, 0.05) is 19.0 Å². The molecule has 0 bridgehead atoms. The predicted molar refractivity (Wildman–Crippen MR) is 54.8 cm³/mol. The van der Waals surface area contributed by atoms with E-state index in [1.54, 1.807) is 6.92 Å². The maximum Gasteiger partial charge on any atom is 0.315 e. The van der Waals surface area contributed by atoms with Gasteiger partial charge in [0.2, 0.25) is 5.91 Å². The molecule has 0 aliphatic carbocycles. The molecule has 2 atom stereocenters. The fraction of sp³-hybridized carbons (Fsp3) is 0.667. The molecule has 0 saturated carbocycles. The van der Waals surface area contributed by atoms with Crippen LogP contribution in [-0.4, -0.2) is 41.6 Å². The van der Waals surface area contributed by atoms with Crippen LogP contribution in [0.15, 0.2) is 0 Å². The van der Waals surface area contributed by atoms with Gasteiger partial charge in [-0.3, -0.25) is 9.59 Å². The molecule has 90 valence electrons. The number of nitrogens with one attached hydrogen (secondary N) is 3. The summed E-state index contributed by atoms with van der Waals surface area (Å²) in [5, 5.41) is 16.1. The lowest BCUT2D eigenvalue weighted by Gasteiger charge is -2.15. The van der Waals surface area contributed by atoms with Crippen LogP contribution in [0.2, 0.25) is 0 Å². The summed E-state index contributed by atoms with van der Waals surface area (Å²) in [5.74, 6) is -1.06. The van der Waals surface area contributed by atoms with Gasteiger partial charge in [0.15, 0.2) is 0 Å². The summed E-state index contributed by atoms with van der Waals surface area (Å²) >= 11 is 0. The van der Waals surface area contributed by atoms with E-state index in [4.69, 9.17) is 5.11 Å². The van der Waals surface area contributed by atoms with E-state index in [0.29, 0.717) is 6.54 Å². The number of hydrogen-bond donors (Lipinski definition) is 4. The lowest BCUT2D eigenvalue weighted by molar-refractivity contribution is -0.137. The number of hydrogen-bond acceptors (Lipinski definition) is 3. The number of urea groups is 1. The highest BCUT2D eigenvalue weighted by atomic mass is 16.4. The second-order valence-corrected chi connectivity index (χ2v) is 3.82. The van der Waals surface area contributed by atoms with Gasteiger partial charge >= 0.3 is 12.0 Å². The molecule has 2 unspecified atom stereocenters. The van der Waals surface area contributed by atoms with Crippen LogP contribution in [-0.2, 0) is 9.59 Å². The Hall–Kier alpha value is -1.79. The van der Waals surface area contributed by atoms with Crippen molar-refractivity contribution in [2.24, 2.45) is 0 Å². The van der Waals surface area contributed by atoms with Gasteiger partial charge in [0.05, 0.1) is 12.5 Å². The van der Waals surface area contributed by atoms with Gasteiger partial charge in [-0.1, -0.05) is 0 Å². The van der Waals surface area contributed by atoms with E-state index in [1.165, 1.54) is 0 Å². The Morgan fingerprint density at radius 1 is 1.62 bits per heavy atom. The number of aliphatic carboxylic acids is 1. The van der Waals surface area contributed by atoms with Crippen LogP contribution in [0.3, 0.4) is 0 Å². The number of amides is 3. The average molecular weight is 229 g/mol. The predicted octanol–water partition coefficient (Wildman–Crippen LogP) is -0.963. The molecule has 1 aliphatic heterocycles. The lowest BCUT2D eigenvalue weighted by Crippen LogP contribution is -2.46. The van der Waals surface area contributed by atoms with Crippen LogP contribution in [0.25, 0.3) is 0 Å². The second kappa shape index (κ2) is 5.34. The molecular weight excluding hydrogens is 214 g/mol. The number of carboxylic acid groups (broad SMARTS) is 1. The molecule has 16 heavy (non-hydrogen) atoms. The van der Waals surface area contributed by atoms with Crippen LogP contribution in [0.1, 0.15) is 19.8 Å². The zero-order valence-electron chi connectivity index (χ0n) is 8.95. The molecule has 0 aromatic rings. The van der Waals surface area contributed by atoms with Gasteiger partial charge in [-0.15, -0.1) is 0 Å². The SMILES string of the molecule is CC(CC(=O)O)NC(=O)NC1CNC(=O)C1. The minimum Gasteiger partial charge on any atom is -0.481 e. The second-order valence-electron chi connectivity index (χ2n) is 3.82. The smallest absolute Gasteiger partial charge is 0.315 e. The van der Waals surface area contributed by atoms with Crippen molar-refractivity contribution >= 4 is 17.9 Å². The van der Waals surface area contributed by atoms with Crippen molar-refractivity contribution in [3.63, 3.8) is 0 Å². The molecule has 0 aromatic heterocycles. The summed E-state index contributed by atoms with van der Waals surface area (Å²) in [4.78, 5) is 32.5. The van der Waals surface area contributed by atoms with Crippen molar-refractivity contribution in [2.75, 3.05) is 6.54 Å². The first kappa shape index (κ1) is 12.3. The number of rotatable bonds is 4. The maximum atomic E-state index is 11.3. The Morgan fingerprint density at radius 3 is 2.81 bits per heavy atom. The zero-order valence-corrected chi connectivity index (χ0v) is 8.95. The van der Waals surface area contributed by atoms with E-state index in [1.807, 2.05) is 0 Å². The summed E-state index contributed by atoms with van der Waals surface area (Å²) in [7, 11) is 0. The molecule has 7 heteroatoms. The third-order valence-electron chi connectivity index (χ3n) is 2.17. The molecule has 7 nitrogen and oxygen atoms in total. The fourth-order valence-corrected chi connectivity index (χ4v) is 1.47. The third kappa shape index (κ3) is 4.16. The van der Waals surface area contributed by atoms with Crippen molar-refractivity contribution < 1.29 is 19.5 Å². The largest absolute Gasteiger partial charge is 0.481 e. The molecule has 4 N–H and O–H groups in total.